The van der Waals surface area contributed by atoms with Crippen LogP contribution in [0.2, 0.25) is 5.02 Å². The topological polar surface area (TPSA) is 38.0 Å². The van der Waals surface area contributed by atoms with E-state index in [-0.39, 0.29) is 0 Å². The third-order valence-corrected chi connectivity index (χ3v) is 1.23. The van der Waals surface area contributed by atoms with Gasteiger partial charge in [-0.2, -0.15) is 5.53 Å². The second-order valence-electron chi connectivity index (χ2n) is 1.61. The summed E-state index contributed by atoms with van der Waals surface area (Å²) in [6, 6.07) is 6.99. The van der Waals surface area contributed by atoms with Gasteiger partial charge in [0.1, 0.15) is 5.69 Å². The number of nitrogens with two attached hydrogens (primary N) is 1. The number of benzene rings is 1. The molecular formula is C6H6ClN2+. The molecule has 0 saturated heterocycles. The van der Waals surface area contributed by atoms with Crippen LogP contribution < -0.4 is 5.53 Å². The Bertz CT molecular complexity index is 205. The van der Waals surface area contributed by atoms with Crippen molar-refractivity contribution >= 4 is 17.3 Å². The average molecular weight is 142 g/mol. The van der Waals surface area contributed by atoms with Gasteiger partial charge in [0.2, 0.25) is 0 Å². The molecule has 2 nitrogen and oxygen atoms in total. The summed E-state index contributed by atoms with van der Waals surface area (Å²) >= 11 is 5.59. The molecule has 2 N–H and O–H groups in total. The fourth-order valence-electron chi connectivity index (χ4n) is 0.527. The molecule has 9 heavy (non-hydrogen) atoms. The Labute approximate surface area is 58.0 Å². The third kappa shape index (κ3) is 1.50. The lowest BCUT2D eigenvalue weighted by molar-refractivity contribution is -0.210. The Hall–Kier alpha value is -0.890. The molecule has 46 valence electrons. The molecule has 0 aliphatic rings. The van der Waals surface area contributed by atoms with Gasteiger partial charge in [0.25, 0.3) is 0 Å². The van der Waals surface area contributed by atoms with Crippen LogP contribution in [0, 0.1) is 0 Å². The van der Waals surface area contributed by atoms with E-state index in [1.807, 2.05) is 0 Å². The molecule has 1 aromatic rings. The molecule has 3 heteroatoms. The summed E-state index contributed by atoms with van der Waals surface area (Å²) in [5.74, 6) is 0. The summed E-state index contributed by atoms with van der Waals surface area (Å²) in [6.07, 6.45) is 0. The highest BCUT2D eigenvalue weighted by Crippen LogP contribution is 2.14. The molecule has 0 radical (unpaired) electrons. The second kappa shape index (κ2) is 2.60. The Morgan fingerprint density at radius 1 is 1.22 bits per heavy atom. The summed E-state index contributed by atoms with van der Waals surface area (Å²) in [5, 5.41) is 4.15. The zero-order valence-electron chi connectivity index (χ0n) is 4.71. The van der Waals surface area contributed by atoms with E-state index in [1.165, 1.54) is 0 Å². The number of hydrogen-bond donors (Lipinski definition) is 1. The highest BCUT2D eigenvalue weighted by molar-refractivity contribution is 6.30. The number of rotatable bonds is 1. The van der Waals surface area contributed by atoms with Crippen LogP contribution in [0.3, 0.4) is 0 Å². The lowest BCUT2D eigenvalue weighted by atomic mass is 10.3. The molecule has 0 fully saturated rings. The fraction of sp³-hybridized carbons (Fsp3) is 0. The van der Waals surface area contributed by atoms with Crippen LogP contribution in [-0.4, -0.2) is 0 Å². The Morgan fingerprint density at radius 3 is 2.22 bits per heavy atom. The average Bonchev–Trinajstić information content (AvgIpc) is 1.90. The van der Waals surface area contributed by atoms with Gasteiger partial charge in [-0.25, -0.2) is 0 Å². The van der Waals surface area contributed by atoms with Crippen molar-refractivity contribution in [3.05, 3.63) is 29.3 Å². The SMILES string of the molecule is [NH2+]=Nc1ccc(Cl)cc1. The molecule has 0 aliphatic heterocycles. The summed E-state index contributed by atoms with van der Waals surface area (Å²) < 4.78 is 0. The fourth-order valence-corrected chi connectivity index (χ4v) is 0.653. The van der Waals surface area contributed by atoms with E-state index in [0.717, 1.165) is 5.69 Å². The highest BCUT2D eigenvalue weighted by Gasteiger charge is 1.88. The number of hydrogen-bond acceptors (Lipinski definition) is 1. The van der Waals surface area contributed by atoms with Gasteiger partial charge in [0.05, 0.1) is 0 Å². The highest BCUT2D eigenvalue weighted by atomic mass is 35.5. The van der Waals surface area contributed by atoms with Crippen molar-refractivity contribution in [2.24, 2.45) is 5.11 Å². The first kappa shape index (κ1) is 6.23. The van der Waals surface area contributed by atoms with Crippen LogP contribution in [-0.2, 0) is 0 Å². The predicted molar refractivity (Wildman–Crippen MR) is 35.5 cm³/mol. The van der Waals surface area contributed by atoms with Crippen LogP contribution in [0.4, 0.5) is 5.69 Å². The van der Waals surface area contributed by atoms with E-state index < -0.39 is 0 Å². The summed E-state index contributed by atoms with van der Waals surface area (Å²) in [4.78, 5) is 0. The predicted octanol–water partition coefficient (Wildman–Crippen LogP) is 1.18. The van der Waals surface area contributed by atoms with Crippen molar-refractivity contribution in [3.63, 3.8) is 0 Å². The van der Waals surface area contributed by atoms with Gasteiger partial charge in [0, 0.05) is 5.02 Å². The maximum absolute atomic E-state index is 5.59. The summed E-state index contributed by atoms with van der Waals surface area (Å²) in [6.45, 7) is 0. The molecule has 0 atom stereocenters. The van der Waals surface area contributed by atoms with Crippen molar-refractivity contribution in [1.29, 1.82) is 0 Å². The number of halogens is 1. The van der Waals surface area contributed by atoms with E-state index in [0.29, 0.717) is 5.02 Å². The molecule has 0 unspecified atom stereocenters. The standard InChI is InChI=1S/C6H5ClN2/c7-5-1-3-6(9-8)4-2-5/h1-4,8H/p+1. The minimum absolute atomic E-state index is 0.697. The quantitative estimate of drug-likeness (QED) is 0.571. The van der Waals surface area contributed by atoms with Crippen molar-refractivity contribution in [2.45, 2.75) is 0 Å². The lowest BCUT2D eigenvalue weighted by Crippen LogP contribution is -2.21. The molecule has 0 aromatic heterocycles. The maximum Gasteiger partial charge on any atom is 0.130 e. The van der Waals surface area contributed by atoms with Crippen LogP contribution >= 0.6 is 11.6 Å². The summed E-state index contributed by atoms with van der Waals surface area (Å²) in [7, 11) is 0. The first-order chi connectivity index (χ1) is 4.33. The van der Waals surface area contributed by atoms with Crippen LogP contribution in [0.5, 0.6) is 0 Å². The Kier molecular flexibility index (Phi) is 1.80. The normalized spacial score (nSPS) is 9.00. The Morgan fingerprint density at radius 2 is 1.78 bits per heavy atom. The molecule has 0 spiro atoms. The van der Waals surface area contributed by atoms with Gasteiger partial charge in [0.15, 0.2) is 0 Å². The minimum atomic E-state index is 0.697. The van der Waals surface area contributed by atoms with Gasteiger partial charge < -0.3 is 0 Å². The summed E-state index contributed by atoms with van der Waals surface area (Å²) in [5.41, 5.74) is 5.72. The number of nitrogens with zero attached hydrogens (tertiary/aromatic N) is 1. The van der Waals surface area contributed by atoms with E-state index in [2.05, 4.69) is 5.11 Å². The van der Waals surface area contributed by atoms with Gasteiger partial charge in [-0.1, -0.05) is 11.6 Å². The van der Waals surface area contributed by atoms with Crippen LogP contribution in [0.25, 0.3) is 0 Å². The first-order valence-corrected chi connectivity index (χ1v) is 2.87. The first-order valence-electron chi connectivity index (χ1n) is 2.49. The lowest BCUT2D eigenvalue weighted by Gasteiger charge is -1.85. The van der Waals surface area contributed by atoms with Gasteiger partial charge in [-0.05, 0) is 29.4 Å². The largest absolute Gasteiger partial charge is 0.152 e. The van der Waals surface area contributed by atoms with Gasteiger partial charge in [-0.3, -0.25) is 0 Å². The second-order valence-corrected chi connectivity index (χ2v) is 2.04. The molecular weight excluding hydrogens is 136 g/mol. The molecule has 0 heterocycles. The zero-order chi connectivity index (χ0) is 6.69. The molecule has 0 bridgehead atoms. The van der Waals surface area contributed by atoms with E-state index >= 15 is 0 Å². The maximum atomic E-state index is 5.59. The van der Waals surface area contributed by atoms with E-state index in [1.54, 1.807) is 24.3 Å². The van der Waals surface area contributed by atoms with Gasteiger partial charge >= 0.3 is 0 Å². The third-order valence-electron chi connectivity index (χ3n) is 0.976. The minimum Gasteiger partial charge on any atom is -0.152 e. The zero-order valence-corrected chi connectivity index (χ0v) is 5.47. The molecule has 1 rings (SSSR count). The molecule has 0 amide bonds. The van der Waals surface area contributed by atoms with Crippen molar-refractivity contribution < 1.29 is 5.53 Å². The van der Waals surface area contributed by atoms with Crippen molar-refractivity contribution in [1.82, 2.24) is 0 Å². The molecule has 0 saturated carbocycles. The smallest absolute Gasteiger partial charge is 0.130 e. The molecule has 0 aliphatic carbocycles. The van der Waals surface area contributed by atoms with E-state index in [9.17, 15) is 0 Å². The monoisotopic (exact) mass is 141 g/mol. The van der Waals surface area contributed by atoms with Crippen molar-refractivity contribution in [2.75, 3.05) is 0 Å². The molecule has 1 aromatic carbocycles. The van der Waals surface area contributed by atoms with E-state index in [4.69, 9.17) is 17.1 Å². The van der Waals surface area contributed by atoms with Crippen LogP contribution in [0.15, 0.2) is 29.4 Å². The van der Waals surface area contributed by atoms with Crippen LogP contribution in [0.1, 0.15) is 0 Å². The Balaban J connectivity index is 3.01. The van der Waals surface area contributed by atoms with Crippen molar-refractivity contribution in [3.8, 4) is 0 Å². The van der Waals surface area contributed by atoms with Gasteiger partial charge in [-0.15, -0.1) is 0 Å².